The van der Waals surface area contributed by atoms with Crippen LogP contribution >= 0.6 is 0 Å². The molecule has 0 unspecified atom stereocenters. The Kier molecular flexibility index (Phi) is 5.62. The van der Waals surface area contributed by atoms with Crippen LogP contribution in [0.4, 0.5) is 10.5 Å². The molecule has 0 aliphatic carbocycles. The van der Waals surface area contributed by atoms with Gasteiger partial charge in [0.1, 0.15) is 0 Å². The fraction of sp³-hybridized carbons (Fsp3) is 0.250. The highest BCUT2D eigenvalue weighted by Crippen LogP contribution is 2.17. The molecule has 2 aromatic rings. The molecule has 0 aliphatic heterocycles. The van der Waals surface area contributed by atoms with Gasteiger partial charge < -0.3 is 9.47 Å². The molecule has 0 aromatic carbocycles. The first kappa shape index (κ1) is 16.4. The molecule has 0 aliphatic rings. The summed E-state index contributed by atoms with van der Waals surface area (Å²) in [4.78, 5) is 31.3. The van der Waals surface area contributed by atoms with Crippen molar-refractivity contribution in [1.29, 1.82) is 0 Å². The van der Waals surface area contributed by atoms with E-state index >= 15 is 0 Å². The first-order valence-corrected chi connectivity index (χ1v) is 7.17. The number of anilines is 1. The van der Waals surface area contributed by atoms with Crippen molar-refractivity contribution < 1.29 is 19.1 Å². The van der Waals surface area contributed by atoms with E-state index in [1.807, 2.05) is 0 Å². The summed E-state index contributed by atoms with van der Waals surface area (Å²) in [7, 11) is 0. The van der Waals surface area contributed by atoms with Crippen molar-refractivity contribution in [2.75, 3.05) is 18.5 Å². The van der Waals surface area contributed by atoms with Crippen LogP contribution in [-0.2, 0) is 9.47 Å². The van der Waals surface area contributed by atoms with E-state index in [1.165, 1.54) is 12.4 Å². The van der Waals surface area contributed by atoms with E-state index in [4.69, 9.17) is 9.47 Å². The second-order valence-electron chi connectivity index (χ2n) is 4.43. The molecule has 7 heteroatoms. The zero-order valence-electron chi connectivity index (χ0n) is 12.9. The third kappa shape index (κ3) is 4.50. The molecule has 2 aromatic heterocycles. The smallest absolute Gasteiger partial charge is 0.411 e. The van der Waals surface area contributed by atoms with Gasteiger partial charge in [-0.15, -0.1) is 0 Å². The summed E-state index contributed by atoms with van der Waals surface area (Å²) in [5, 5.41) is 2.55. The number of carbonyl (C=O) groups excluding carboxylic acids is 2. The Balaban J connectivity index is 2.07. The van der Waals surface area contributed by atoms with E-state index in [0.717, 1.165) is 0 Å². The number of amides is 1. The number of esters is 1. The first-order valence-electron chi connectivity index (χ1n) is 7.17. The van der Waals surface area contributed by atoms with Gasteiger partial charge >= 0.3 is 12.1 Å². The topological polar surface area (TPSA) is 90.4 Å². The van der Waals surface area contributed by atoms with Crippen molar-refractivity contribution in [3.63, 3.8) is 0 Å². The van der Waals surface area contributed by atoms with Crippen LogP contribution in [0.3, 0.4) is 0 Å². The fourth-order valence-corrected chi connectivity index (χ4v) is 1.78. The summed E-state index contributed by atoms with van der Waals surface area (Å²) in [6.07, 6.45) is 2.42. The van der Waals surface area contributed by atoms with Crippen molar-refractivity contribution >= 4 is 17.7 Å². The number of hydrogen-bond donors (Lipinski definition) is 1. The van der Waals surface area contributed by atoms with Crippen molar-refractivity contribution in [2.24, 2.45) is 0 Å². The van der Waals surface area contributed by atoms with Gasteiger partial charge in [0.15, 0.2) is 0 Å². The molecule has 0 saturated heterocycles. The molecule has 0 saturated carbocycles. The maximum Gasteiger partial charge on any atom is 0.411 e. The minimum atomic E-state index is -0.529. The molecule has 0 fully saturated rings. The van der Waals surface area contributed by atoms with Gasteiger partial charge in [-0.05, 0) is 38.1 Å². The highest BCUT2D eigenvalue weighted by atomic mass is 16.5. The molecule has 120 valence electrons. The molecule has 7 nitrogen and oxygen atoms in total. The summed E-state index contributed by atoms with van der Waals surface area (Å²) in [5.41, 5.74) is 2.14. The summed E-state index contributed by atoms with van der Waals surface area (Å²) >= 11 is 0. The van der Waals surface area contributed by atoms with Crippen LogP contribution in [0.2, 0.25) is 0 Å². The zero-order valence-corrected chi connectivity index (χ0v) is 12.9. The van der Waals surface area contributed by atoms with E-state index in [0.29, 0.717) is 35.9 Å². The second kappa shape index (κ2) is 7.88. The molecular weight excluding hydrogens is 298 g/mol. The Bertz CT molecular complexity index is 669. The van der Waals surface area contributed by atoms with Crippen molar-refractivity contribution in [3.8, 4) is 11.4 Å². The Hall–Kier alpha value is -2.96. The first-order chi connectivity index (χ1) is 11.1. The number of ether oxygens (including phenoxy) is 2. The van der Waals surface area contributed by atoms with Gasteiger partial charge in [-0.1, -0.05) is 0 Å². The third-order valence-corrected chi connectivity index (χ3v) is 2.82. The summed E-state index contributed by atoms with van der Waals surface area (Å²) in [6, 6.07) is 6.73. The summed E-state index contributed by atoms with van der Waals surface area (Å²) in [6.45, 7) is 4.09. The molecule has 0 atom stereocenters. The lowest BCUT2D eigenvalue weighted by atomic mass is 10.2. The van der Waals surface area contributed by atoms with Gasteiger partial charge in [0.25, 0.3) is 0 Å². The largest absolute Gasteiger partial charge is 0.462 e. The van der Waals surface area contributed by atoms with Gasteiger partial charge in [0.05, 0.1) is 42.0 Å². The predicted molar refractivity (Wildman–Crippen MR) is 84.1 cm³/mol. The van der Waals surface area contributed by atoms with Gasteiger partial charge in [-0.3, -0.25) is 15.3 Å². The molecule has 1 amide bonds. The minimum absolute atomic E-state index is 0.300. The highest BCUT2D eigenvalue weighted by molar-refractivity contribution is 5.89. The lowest BCUT2D eigenvalue weighted by Crippen LogP contribution is -2.13. The van der Waals surface area contributed by atoms with Crippen LogP contribution in [0.5, 0.6) is 0 Å². The van der Waals surface area contributed by atoms with E-state index in [1.54, 1.807) is 38.1 Å². The summed E-state index contributed by atoms with van der Waals surface area (Å²) < 4.78 is 9.68. The molecule has 0 spiro atoms. The summed E-state index contributed by atoms with van der Waals surface area (Å²) in [5.74, 6) is -0.409. The quantitative estimate of drug-likeness (QED) is 0.853. The number of carbonyl (C=O) groups is 2. The molecular formula is C16H17N3O4. The highest BCUT2D eigenvalue weighted by Gasteiger charge is 2.08. The maximum absolute atomic E-state index is 11.6. The average molecular weight is 315 g/mol. The Labute approximate surface area is 133 Å². The third-order valence-electron chi connectivity index (χ3n) is 2.82. The van der Waals surface area contributed by atoms with Crippen LogP contribution in [0.15, 0.2) is 36.7 Å². The Morgan fingerprint density at radius 3 is 2.13 bits per heavy atom. The normalized spacial score (nSPS) is 10.0. The maximum atomic E-state index is 11.6. The SMILES string of the molecule is CCOC(=O)Nc1ccc(-c2ccc(C(=O)OCC)cn2)nc1. The minimum Gasteiger partial charge on any atom is -0.462 e. The molecule has 0 bridgehead atoms. The van der Waals surface area contributed by atoms with Crippen molar-refractivity contribution in [1.82, 2.24) is 9.97 Å². The van der Waals surface area contributed by atoms with Crippen LogP contribution in [0, 0.1) is 0 Å². The van der Waals surface area contributed by atoms with Crippen molar-refractivity contribution in [3.05, 3.63) is 42.2 Å². The number of hydrogen-bond acceptors (Lipinski definition) is 6. The van der Waals surface area contributed by atoms with Crippen LogP contribution < -0.4 is 5.32 Å². The van der Waals surface area contributed by atoms with Crippen LogP contribution in [-0.4, -0.2) is 35.2 Å². The number of aromatic nitrogens is 2. The number of nitrogens with one attached hydrogen (secondary N) is 1. The molecule has 2 rings (SSSR count). The van der Waals surface area contributed by atoms with Crippen LogP contribution in [0.25, 0.3) is 11.4 Å². The number of nitrogens with zero attached hydrogens (tertiary/aromatic N) is 2. The lowest BCUT2D eigenvalue weighted by molar-refractivity contribution is 0.0526. The number of pyridine rings is 2. The van der Waals surface area contributed by atoms with Crippen LogP contribution in [0.1, 0.15) is 24.2 Å². The Morgan fingerprint density at radius 2 is 1.61 bits per heavy atom. The zero-order chi connectivity index (χ0) is 16.7. The monoisotopic (exact) mass is 315 g/mol. The van der Waals surface area contributed by atoms with Gasteiger partial charge in [-0.25, -0.2) is 9.59 Å². The molecule has 1 N–H and O–H groups in total. The second-order valence-corrected chi connectivity index (χ2v) is 4.43. The molecule has 2 heterocycles. The van der Waals surface area contributed by atoms with E-state index in [9.17, 15) is 9.59 Å². The van der Waals surface area contributed by atoms with E-state index < -0.39 is 12.1 Å². The van der Waals surface area contributed by atoms with Gasteiger partial charge in [-0.2, -0.15) is 0 Å². The number of rotatable bonds is 5. The van der Waals surface area contributed by atoms with Gasteiger partial charge in [0.2, 0.25) is 0 Å². The molecule has 23 heavy (non-hydrogen) atoms. The van der Waals surface area contributed by atoms with E-state index in [2.05, 4.69) is 15.3 Å². The lowest BCUT2D eigenvalue weighted by Gasteiger charge is -2.06. The molecule has 0 radical (unpaired) electrons. The Morgan fingerprint density at radius 1 is 0.957 bits per heavy atom. The predicted octanol–water partition coefficient (Wildman–Crippen LogP) is 2.89. The van der Waals surface area contributed by atoms with Crippen molar-refractivity contribution in [2.45, 2.75) is 13.8 Å². The standard InChI is InChI=1S/C16H17N3O4/c1-3-22-15(20)11-5-7-13(17-9-11)14-8-6-12(10-18-14)19-16(21)23-4-2/h5-10H,3-4H2,1-2H3,(H,19,21). The fourth-order valence-electron chi connectivity index (χ4n) is 1.78. The van der Waals surface area contributed by atoms with E-state index in [-0.39, 0.29) is 0 Å². The average Bonchev–Trinajstić information content (AvgIpc) is 2.56. The van der Waals surface area contributed by atoms with Gasteiger partial charge in [0, 0.05) is 6.20 Å².